The summed E-state index contributed by atoms with van der Waals surface area (Å²) in [6.07, 6.45) is 3.83. The van der Waals surface area contributed by atoms with E-state index in [-0.39, 0.29) is 0 Å². The predicted octanol–water partition coefficient (Wildman–Crippen LogP) is 3.03. The first-order valence-corrected chi connectivity index (χ1v) is 6.90. The molecule has 0 aromatic heterocycles. The molecule has 0 aliphatic carbocycles. The number of hydrogen-bond donors (Lipinski definition) is 1. The maximum Gasteiger partial charge on any atom is 0.168 e. The molecular formula is C13H26N2S. The van der Waals surface area contributed by atoms with E-state index in [0.717, 1.165) is 24.7 Å². The van der Waals surface area contributed by atoms with E-state index in [0.29, 0.717) is 11.3 Å². The highest BCUT2D eigenvalue weighted by Gasteiger charge is 2.28. The molecule has 1 N–H and O–H groups in total. The second-order valence-electron chi connectivity index (χ2n) is 5.73. The molecule has 1 aliphatic rings. The molecule has 16 heavy (non-hydrogen) atoms. The fraction of sp³-hybridized carbons (Fsp3) is 0.923. The molecule has 3 heteroatoms. The molecule has 0 radical (unpaired) electrons. The Labute approximate surface area is 106 Å². The van der Waals surface area contributed by atoms with Crippen molar-refractivity contribution in [3.05, 3.63) is 0 Å². The first-order chi connectivity index (χ1) is 7.47. The van der Waals surface area contributed by atoms with Crippen molar-refractivity contribution >= 4 is 17.3 Å². The third-order valence-corrected chi connectivity index (χ3v) is 4.18. The lowest BCUT2D eigenvalue weighted by Crippen LogP contribution is -2.47. The minimum Gasteiger partial charge on any atom is -0.362 e. The summed E-state index contributed by atoms with van der Waals surface area (Å²) in [4.78, 5) is 2.33. The number of likely N-dealkylation sites (tertiary alicyclic amines) is 1. The normalized spacial score (nSPS) is 19.9. The summed E-state index contributed by atoms with van der Waals surface area (Å²) in [7, 11) is 0. The summed E-state index contributed by atoms with van der Waals surface area (Å²) in [5.74, 6) is 0.656. The summed E-state index contributed by atoms with van der Waals surface area (Å²) in [5.41, 5.74) is 0.546. The zero-order valence-corrected chi connectivity index (χ0v) is 12.0. The lowest BCUT2D eigenvalue weighted by molar-refractivity contribution is 0.161. The van der Waals surface area contributed by atoms with Gasteiger partial charge in [0.1, 0.15) is 0 Å². The van der Waals surface area contributed by atoms with Gasteiger partial charge in [0.25, 0.3) is 0 Å². The number of hydrogen-bond acceptors (Lipinski definition) is 1. The molecule has 0 aromatic carbocycles. The first kappa shape index (κ1) is 13.8. The third kappa shape index (κ3) is 3.93. The smallest absolute Gasteiger partial charge is 0.168 e. The topological polar surface area (TPSA) is 15.3 Å². The second kappa shape index (κ2) is 5.85. The average Bonchev–Trinajstić information content (AvgIpc) is 2.27. The van der Waals surface area contributed by atoms with Gasteiger partial charge in [0.15, 0.2) is 5.11 Å². The Morgan fingerprint density at radius 2 is 1.94 bits per heavy atom. The van der Waals surface area contributed by atoms with Crippen molar-refractivity contribution in [2.45, 2.75) is 47.0 Å². The Kier molecular flexibility index (Phi) is 5.03. The molecule has 1 rings (SSSR count). The van der Waals surface area contributed by atoms with E-state index in [1.807, 2.05) is 0 Å². The van der Waals surface area contributed by atoms with Crippen LogP contribution in [-0.4, -0.2) is 29.6 Å². The van der Waals surface area contributed by atoms with Crippen LogP contribution >= 0.6 is 12.2 Å². The Bertz CT molecular complexity index is 230. The molecule has 1 saturated heterocycles. The molecule has 2 nitrogen and oxygen atoms in total. The zero-order chi connectivity index (χ0) is 12.2. The van der Waals surface area contributed by atoms with Crippen LogP contribution < -0.4 is 5.32 Å². The van der Waals surface area contributed by atoms with Crippen molar-refractivity contribution < 1.29 is 0 Å². The number of nitrogens with zero attached hydrogens (tertiary/aromatic N) is 1. The molecule has 1 aliphatic heterocycles. The van der Waals surface area contributed by atoms with Crippen LogP contribution in [0.3, 0.4) is 0 Å². The van der Waals surface area contributed by atoms with E-state index in [4.69, 9.17) is 12.2 Å². The number of rotatable bonds is 3. The number of piperidine rings is 1. The maximum atomic E-state index is 5.42. The van der Waals surface area contributed by atoms with Crippen LogP contribution in [0, 0.1) is 11.3 Å². The lowest BCUT2D eigenvalue weighted by Gasteiger charge is -2.40. The maximum absolute atomic E-state index is 5.42. The summed E-state index contributed by atoms with van der Waals surface area (Å²) in [6, 6.07) is 0. The minimum absolute atomic E-state index is 0.546. The fourth-order valence-corrected chi connectivity index (χ4v) is 2.27. The van der Waals surface area contributed by atoms with Crippen LogP contribution in [-0.2, 0) is 0 Å². The summed E-state index contributed by atoms with van der Waals surface area (Å²) < 4.78 is 0. The van der Waals surface area contributed by atoms with Crippen molar-refractivity contribution in [1.29, 1.82) is 0 Å². The van der Waals surface area contributed by atoms with Crippen LogP contribution in [0.2, 0.25) is 0 Å². The first-order valence-electron chi connectivity index (χ1n) is 6.49. The van der Waals surface area contributed by atoms with Crippen molar-refractivity contribution in [1.82, 2.24) is 10.2 Å². The van der Waals surface area contributed by atoms with E-state index < -0.39 is 0 Å². The zero-order valence-electron chi connectivity index (χ0n) is 11.2. The van der Waals surface area contributed by atoms with E-state index in [1.165, 1.54) is 19.3 Å². The van der Waals surface area contributed by atoms with Gasteiger partial charge in [0.2, 0.25) is 0 Å². The fourth-order valence-electron chi connectivity index (χ4n) is 2.01. The Morgan fingerprint density at radius 3 is 2.38 bits per heavy atom. The molecule has 0 saturated carbocycles. The Hall–Kier alpha value is -0.310. The molecule has 0 spiro atoms. The van der Waals surface area contributed by atoms with Gasteiger partial charge in [-0.3, -0.25) is 0 Å². The summed E-state index contributed by atoms with van der Waals surface area (Å²) in [6.45, 7) is 12.3. The second-order valence-corrected chi connectivity index (χ2v) is 6.12. The van der Waals surface area contributed by atoms with Gasteiger partial charge in [-0.1, -0.05) is 34.1 Å². The van der Waals surface area contributed by atoms with Crippen molar-refractivity contribution in [3.63, 3.8) is 0 Å². The third-order valence-electron chi connectivity index (χ3n) is 3.77. The van der Waals surface area contributed by atoms with Crippen molar-refractivity contribution in [2.24, 2.45) is 11.3 Å². The molecule has 0 bridgehead atoms. The Balaban J connectivity index is 2.33. The molecule has 0 amide bonds. The minimum atomic E-state index is 0.546. The lowest BCUT2D eigenvalue weighted by atomic mass is 9.78. The Morgan fingerprint density at radius 1 is 1.38 bits per heavy atom. The highest BCUT2D eigenvalue weighted by Crippen LogP contribution is 2.33. The molecule has 0 aromatic rings. The van der Waals surface area contributed by atoms with E-state index in [9.17, 15) is 0 Å². The van der Waals surface area contributed by atoms with E-state index in [1.54, 1.807) is 0 Å². The van der Waals surface area contributed by atoms with Gasteiger partial charge in [-0.2, -0.15) is 0 Å². The predicted molar refractivity (Wildman–Crippen MR) is 74.6 cm³/mol. The van der Waals surface area contributed by atoms with Gasteiger partial charge < -0.3 is 10.2 Å². The van der Waals surface area contributed by atoms with Crippen LogP contribution in [0.15, 0.2) is 0 Å². The van der Waals surface area contributed by atoms with Crippen molar-refractivity contribution in [3.8, 4) is 0 Å². The largest absolute Gasteiger partial charge is 0.362 e. The van der Waals surface area contributed by atoms with Crippen LogP contribution in [0.1, 0.15) is 47.0 Å². The van der Waals surface area contributed by atoms with E-state index in [2.05, 4.69) is 37.9 Å². The number of thiocarbonyl (C=S) groups is 1. The van der Waals surface area contributed by atoms with Crippen LogP contribution in [0.5, 0.6) is 0 Å². The van der Waals surface area contributed by atoms with Gasteiger partial charge in [0, 0.05) is 19.6 Å². The summed E-state index contributed by atoms with van der Waals surface area (Å²) >= 11 is 5.42. The highest BCUT2D eigenvalue weighted by atomic mass is 32.1. The molecule has 0 unspecified atom stereocenters. The van der Waals surface area contributed by atoms with Crippen LogP contribution in [0.4, 0.5) is 0 Å². The quantitative estimate of drug-likeness (QED) is 0.766. The summed E-state index contributed by atoms with van der Waals surface area (Å²) in [5, 5.41) is 4.31. The number of nitrogens with one attached hydrogen (secondary N) is 1. The van der Waals surface area contributed by atoms with E-state index >= 15 is 0 Å². The van der Waals surface area contributed by atoms with Crippen molar-refractivity contribution in [2.75, 3.05) is 19.6 Å². The molecule has 1 fully saturated rings. The van der Waals surface area contributed by atoms with Crippen LogP contribution in [0.25, 0.3) is 0 Å². The standard InChI is InChI=1S/C13H26N2S/c1-5-13(4)6-8-15(9-7-13)12(16)14-10-11(2)3/h11H,5-10H2,1-4H3,(H,14,16). The SMILES string of the molecule is CCC1(C)CCN(C(=S)NCC(C)C)CC1. The molecule has 94 valence electrons. The molecule has 1 heterocycles. The van der Waals surface area contributed by atoms with Gasteiger partial charge in [-0.25, -0.2) is 0 Å². The highest BCUT2D eigenvalue weighted by molar-refractivity contribution is 7.80. The van der Waals surface area contributed by atoms with Gasteiger partial charge in [-0.05, 0) is 36.4 Å². The van der Waals surface area contributed by atoms with Gasteiger partial charge in [0.05, 0.1) is 0 Å². The average molecular weight is 242 g/mol. The molecule has 0 atom stereocenters. The monoisotopic (exact) mass is 242 g/mol. The van der Waals surface area contributed by atoms with Gasteiger partial charge in [-0.15, -0.1) is 0 Å². The molecular weight excluding hydrogens is 216 g/mol. The van der Waals surface area contributed by atoms with Gasteiger partial charge >= 0.3 is 0 Å².